The third-order valence-corrected chi connectivity index (χ3v) is 4.77. The molecule has 0 spiro atoms. The van der Waals surface area contributed by atoms with E-state index in [1.54, 1.807) is 17.0 Å². The van der Waals surface area contributed by atoms with Gasteiger partial charge in [-0.3, -0.25) is 4.79 Å². The molecule has 1 aliphatic carbocycles. The summed E-state index contributed by atoms with van der Waals surface area (Å²) < 4.78 is 14.5. The zero-order chi connectivity index (χ0) is 15.0. The van der Waals surface area contributed by atoms with Crippen LogP contribution in [-0.2, 0) is 0 Å². The average Bonchev–Trinajstić information content (AvgIpc) is 3.24. The smallest absolute Gasteiger partial charge is 0.266 e. The Hall–Kier alpha value is -2.13. The summed E-state index contributed by atoms with van der Waals surface area (Å²) in [6.07, 6.45) is 2.20. The summed E-state index contributed by atoms with van der Waals surface area (Å²) >= 11 is 1.21. The van der Waals surface area contributed by atoms with Crippen molar-refractivity contribution >= 4 is 33.0 Å². The largest absolute Gasteiger partial charge is 0.397 e. The van der Waals surface area contributed by atoms with Crippen molar-refractivity contribution in [2.75, 3.05) is 12.3 Å². The maximum absolute atomic E-state index is 13.9. The fourth-order valence-corrected chi connectivity index (χ4v) is 3.52. The first-order valence-corrected chi connectivity index (χ1v) is 7.59. The van der Waals surface area contributed by atoms with Gasteiger partial charge < -0.3 is 10.6 Å². The third kappa shape index (κ3) is 2.45. The van der Waals surface area contributed by atoms with E-state index < -0.39 is 5.82 Å². The molecule has 0 saturated heterocycles. The summed E-state index contributed by atoms with van der Waals surface area (Å²) in [5, 5.41) is 9.04. The summed E-state index contributed by atoms with van der Waals surface area (Å²) in [4.78, 5) is 14.7. The minimum absolute atomic E-state index is 0.189. The van der Waals surface area contributed by atoms with Crippen molar-refractivity contribution < 1.29 is 9.18 Å². The Bertz CT molecular complexity index is 745. The Morgan fingerprint density at radius 1 is 1.52 bits per heavy atom. The first-order valence-electron chi connectivity index (χ1n) is 6.78. The minimum atomic E-state index is -0.407. The van der Waals surface area contributed by atoms with Gasteiger partial charge in [-0.15, -0.1) is 11.3 Å². The van der Waals surface area contributed by atoms with Crippen LogP contribution in [0.25, 0.3) is 10.1 Å². The molecule has 2 N–H and O–H groups in total. The summed E-state index contributed by atoms with van der Waals surface area (Å²) in [5.41, 5.74) is 6.19. The molecule has 0 aliphatic heterocycles. The summed E-state index contributed by atoms with van der Waals surface area (Å²) in [5.74, 6) is -0.596. The van der Waals surface area contributed by atoms with Gasteiger partial charge in [0.2, 0.25) is 0 Å². The molecule has 1 amide bonds. The van der Waals surface area contributed by atoms with E-state index in [1.807, 2.05) is 0 Å². The van der Waals surface area contributed by atoms with Crippen molar-refractivity contribution in [3.63, 3.8) is 0 Å². The number of nitrogens with zero attached hydrogens (tertiary/aromatic N) is 2. The Morgan fingerprint density at radius 3 is 2.90 bits per heavy atom. The second-order valence-electron chi connectivity index (χ2n) is 5.10. The number of nitrogen functional groups attached to an aromatic ring is 1. The number of benzene rings is 1. The van der Waals surface area contributed by atoms with E-state index in [2.05, 4.69) is 6.07 Å². The highest BCUT2D eigenvalue weighted by molar-refractivity contribution is 7.21. The Kier molecular flexibility index (Phi) is 3.52. The van der Waals surface area contributed by atoms with Crippen molar-refractivity contribution in [2.24, 2.45) is 0 Å². The number of amides is 1. The maximum Gasteiger partial charge on any atom is 0.266 e. The predicted molar refractivity (Wildman–Crippen MR) is 80.5 cm³/mol. The standard InChI is InChI=1S/C15H14FN3OS/c16-10-3-1-4-11-12(10)13(18)14(21-11)15(20)19(8-2-7-17)9-5-6-9/h1,3-4,9H,2,5-6,8,18H2. The number of nitrogens with two attached hydrogens (primary N) is 1. The fraction of sp³-hybridized carbons (Fsp3) is 0.333. The van der Waals surface area contributed by atoms with E-state index in [1.165, 1.54) is 17.4 Å². The molecular formula is C15H14FN3OS. The highest BCUT2D eigenvalue weighted by Crippen LogP contribution is 2.38. The molecule has 1 heterocycles. The summed E-state index contributed by atoms with van der Waals surface area (Å²) in [7, 11) is 0. The molecular weight excluding hydrogens is 289 g/mol. The molecule has 1 aromatic heterocycles. The Labute approximate surface area is 125 Å². The fourth-order valence-electron chi connectivity index (χ4n) is 2.43. The van der Waals surface area contributed by atoms with Gasteiger partial charge in [-0.25, -0.2) is 4.39 Å². The molecule has 0 atom stereocenters. The van der Waals surface area contributed by atoms with Crippen LogP contribution < -0.4 is 5.73 Å². The van der Waals surface area contributed by atoms with Crippen molar-refractivity contribution in [3.05, 3.63) is 28.9 Å². The lowest BCUT2D eigenvalue weighted by atomic mass is 10.2. The topological polar surface area (TPSA) is 70.1 Å². The first kappa shape index (κ1) is 13.8. The van der Waals surface area contributed by atoms with Crippen LogP contribution in [0.5, 0.6) is 0 Å². The first-order chi connectivity index (χ1) is 10.1. The van der Waals surface area contributed by atoms with Gasteiger partial charge in [0.05, 0.1) is 23.6 Å². The second kappa shape index (κ2) is 5.34. The predicted octanol–water partition coefficient (Wildman–Crippen LogP) is 3.14. The van der Waals surface area contributed by atoms with E-state index in [0.29, 0.717) is 27.9 Å². The van der Waals surface area contributed by atoms with Gasteiger partial charge in [-0.1, -0.05) is 6.07 Å². The number of hydrogen-bond acceptors (Lipinski definition) is 4. The summed E-state index contributed by atoms with van der Waals surface area (Å²) in [6, 6.07) is 6.96. The van der Waals surface area contributed by atoms with Crippen LogP contribution in [0.2, 0.25) is 0 Å². The van der Waals surface area contributed by atoms with Crippen molar-refractivity contribution in [1.82, 2.24) is 4.90 Å². The number of hydrogen-bond donors (Lipinski definition) is 1. The van der Waals surface area contributed by atoms with E-state index in [9.17, 15) is 9.18 Å². The van der Waals surface area contributed by atoms with E-state index in [4.69, 9.17) is 11.0 Å². The van der Waals surface area contributed by atoms with E-state index in [-0.39, 0.29) is 17.6 Å². The van der Waals surface area contributed by atoms with Gasteiger partial charge >= 0.3 is 0 Å². The molecule has 0 unspecified atom stereocenters. The molecule has 6 heteroatoms. The Morgan fingerprint density at radius 2 is 2.29 bits per heavy atom. The van der Waals surface area contributed by atoms with Crippen LogP contribution in [0.4, 0.5) is 10.1 Å². The van der Waals surface area contributed by atoms with Crippen LogP contribution in [-0.4, -0.2) is 23.4 Å². The SMILES string of the molecule is N#CCCN(C(=O)c1sc2cccc(F)c2c1N)C1CC1. The number of halogens is 1. The molecule has 21 heavy (non-hydrogen) atoms. The summed E-state index contributed by atoms with van der Waals surface area (Å²) in [6.45, 7) is 0.399. The normalized spacial score (nSPS) is 14.1. The third-order valence-electron chi connectivity index (χ3n) is 3.61. The number of carbonyl (C=O) groups excluding carboxylic acids is 1. The highest BCUT2D eigenvalue weighted by atomic mass is 32.1. The van der Waals surface area contributed by atoms with E-state index in [0.717, 1.165) is 12.8 Å². The van der Waals surface area contributed by atoms with Crippen LogP contribution in [0, 0.1) is 17.1 Å². The molecule has 0 bridgehead atoms. The molecule has 1 aromatic carbocycles. The number of anilines is 1. The molecule has 108 valence electrons. The van der Waals surface area contributed by atoms with Crippen molar-refractivity contribution in [2.45, 2.75) is 25.3 Å². The lowest BCUT2D eigenvalue weighted by Crippen LogP contribution is -2.33. The number of thiophene rings is 1. The minimum Gasteiger partial charge on any atom is -0.397 e. The highest BCUT2D eigenvalue weighted by Gasteiger charge is 2.34. The van der Waals surface area contributed by atoms with Crippen LogP contribution in [0.15, 0.2) is 18.2 Å². The monoisotopic (exact) mass is 303 g/mol. The molecule has 1 fully saturated rings. The van der Waals surface area contributed by atoms with Gasteiger partial charge in [0.15, 0.2) is 0 Å². The average molecular weight is 303 g/mol. The number of carbonyl (C=O) groups is 1. The zero-order valence-corrected chi connectivity index (χ0v) is 12.1. The van der Waals surface area contributed by atoms with Crippen molar-refractivity contribution in [3.8, 4) is 6.07 Å². The second-order valence-corrected chi connectivity index (χ2v) is 6.15. The lowest BCUT2D eigenvalue weighted by Gasteiger charge is -2.20. The Balaban J connectivity index is 1.99. The molecule has 1 aliphatic rings. The maximum atomic E-state index is 13.9. The van der Waals surface area contributed by atoms with Gasteiger partial charge in [0, 0.05) is 17.3 Å². The molecule has 4 nitrogen and oxygen atoms in total. The molecule has 3 rings (SSSR count). The number of rotatable bonds is 4. The quantitative estimate of drug-likeness (QED) is 0.943. The number of fused-ring (bicyclic) bond motifs is 1. The number of nitriles is 1. The van der Waals surface area contributed by atoms with E-state index >= 15 is 0 Å². The van der Waals surface area contributed by atoms with Gasteiger partial charge in [-0.05, 0) is 25.0 Å². The van der Waals surface area contributed by atoms with Crippen LogP contribution in [0.3, 0.4) is 0 Å². The van der Waals surface area contributed by atoms with Gasteiger partial charge in [0.1, 0.15) is 10.7 Å². The molecule has 2 aromatic rings. The van der Waals surface area contributed by atoms with Crippen LogP contribution in [0.1, 0.15) is 28.9 Å². The lowest BCUT2D eigenvalue weighted by molar-refractivity contribution is 0.0753. The van der Waals surface area contributed by atoms with Crippen molar-refractivity contribution in [1.29, 1.82) is 5.26 Å². The van der Waals surface area contributed by atoms with Crippen LogP contribution >= 0.6 is 11.3 Å². The molecule has 0 radical (unpaired) electrons. The van der Waals surface area contributed by atoms with Gasteiger partial charge in [0.25, 0.3) is 5.91 Å². The van der Waals surface area contributed by atoms with Gasteiger partial charge in [-0.2, -0.15) is 5.26 Å². The zero-order valence-electron chi connectivity index (χ0n) is 11.3. The molecule has 1 saturated carbocycles.